The maximum atomic E-state index is 13.4. The van der Waals surface area contributed by atoms with Crippen LogP contribution in [0.1, 0.15) is 23.2 Å². The summed E-state index contributed by atoms with van der Waals surface area (Å²) < 4.78 is 26.4. The molecule has 1 fully saturated rings. The van der Waals surface area contributed by atoms with Crippen molar-refractivity contribution in [3.8, 4) is 12.3 Å². The highest BCUT2D eigenvalue weighted by Crippen LogP contribution is 2.26. The van der Waals surface area contributed by atoms with Gasteiger partial charge >= 0.3 is 0 Å². The van der Waals surface area contributed by atoms with Crippen molar-refractivity contribution in [2.75, 3.05) is 32.0 Å². The summed E-state index contributed by atoms with van der Waals surface area (Å²) in [6.07, 6.45) is 8.57. The van der Waals surface area contributed by atoms with Crippen LogP contribution < -0.4 is 5.32 Å². The number of halogens is 3. The van der Waals surface area contributed by atoms with E-state index in [1.165, 1.54) is 18.3 Å². The number of carbonyl (C=O) groups excluding carboxylic acids is 1. The van der Waals surface area contributed by atoms with Gasteiger partial charge in [0.05, 0.1) is 17.1 Å². The van der Waals surface area contributed by atoms with Gasteiger partial charge in [-0.15, -0.1) is 6.42 Å². The fourth-order valence-corrected chi connectivity index (χ4v) is 3.51. The molecule has 0 spiro atoms. The fraction of sp³-hybridized carbons (Fsp3) is 0.333. The Balaban J connectivity index is 1.77. The van der Waals surface area contributed by atoms with Crippen LogP contribution in [-0.2, 0) is 0 Å². The molecule has 5 nitrogen and oxygen atoms in total. The van der Waals surface area contributed by atoms with E-state index >= 15 is 0 Å². The zero-order valence-corrected chi connectivity index (χ0v) is 16.7. The number of likely N-dealkylation sites (tertiary alicyclic amines) is 1. The third-order valence-corrected chi connectivity index (χ3v) is 5.21. The van der Waals surface area contributed by atoms with E-state index in [4.69, 9.17) is 18.0 Å². The van der Waals surface area contributed by atoms with Crippen molar-refractivity contribution < 1.29 is 13.6 Å². The molecule has 0 aliphatic carbocycles. The van der Waals surface area contributed by atoms with Gasteiger partial charge in [-0.25, -0.2) is 13.8 Å². The minimum atomic E-state index is -0.985. The fourth-order valence-electron chi connectivity index (χ4n) is 3.29. The number of hydrogen-bond donors (Lipinski definition) is 1. The number of piperidine rings is 1. The molecule has 1 aliphatic heterocycles. The molecule has 152 valence electrons. The summed E-state index contributed by atoms with van der Waals surface area (Å²) >= 11 is 6.27. The Hall–Kier alpha value is -2.69. The van der Waals surface area contributed by atoms with E-state index in [-0.39, 0.29) is 35.0 Å². The Morgan fingerprint density at radius 2 is 2.07 bits per heavy atom. The molecule has 1 aromatic carbocycles. The van der Waals surface area contributed by atoms with Crippen LogP contribution in [0.5, 0.6) is 0 Å². The first kappa shape index (κ1) is 21.0. The maximum absolute atomic E-state index is 13.4. The van der Waals surface area contributed by atoms with Gasteiger partial charge in [-0.3, -0.25) is 4.79 Å². The topological polar surface area (TPSA) is 48.5 Å². The van der Waals surface area contributed by atoms with Crippen LogP contribution in [0, 0.1) is 24.0 Å². The van der Waals surface area contributed by atoms with Gasteiger partial charge in [0, 0.05) is 24.0 Å². The average Bonchev–Trinajstić information content (AvgIpc) is 2.71. The minimum Gasteiger partial charge on any atom is -0.339 e. The Morgan fingerprint density at radius 3 is 2.69 bits per heavy atom. The first-order chi connectivity index (χ1) is 13.9. The summed E-state index contributed by atoms with van der Waals surface area (Å²) in [4.78, 5) is 21.1. The average molecular weight is 419 g/mol. The highest BCUT2D eigenvalue weighted by molar-refractivity contribution is 6.33. The Kier molecular flexibility index (Phi) is 6.68. The number of nitrogens with zero attached hydrogens (tertiary/aromatic N) is 3. The molecule has 2 aromatic rings. The Labute approximate surface area is 173 Å². The molecule has 1 amide bonds. The number of terminal acetylenes is 1. The zero-order valence-electron chi connectivity index (χ0n) is 16.0. The molecular weight excluding hydrogens is 398 g/mol. The van der Waals surface area contributed by atoms with E-state index in [0.717, 1.165) is 38.1 Å². The number of amides is 1. The zero-order chi connectivity index (χ0) is 21.0. The summed E-state index contributed by atoms with van der Waals surface area (Å²) in [6, 6.07) is 4.93. The summed E-state index contributed by atoms with van der Waals surface area (Å²) in [5, 5.41) is 3.00. The molecule has 0 unspecified atom stereocenters. The van der Waals surface area contributed by atoms with E-state index in [1.54, 1.807) is 4.90 Å². The molecule has 0 atom stereocenters. The lowest BCUT2D eigenvalue weighted by Gasteiger charge is -2.36. The number of carbonyl (C=O) groups is 1. The molecule has 29 heavy (non-hydrogen) atoms. The molecule has 0 bridgehead atoms. The van der Waals surface area contributed by atoms with Crippen LogP contribution >= 0.6 is 11.6 Å². The molecule has 1 saturated heterocycles. The van der Waals surface area contributed by atoms with Gasteiger partial charge < -0.3 is 15.1 Å². The smallest absolute Gasteiger partial charge is 0.256 e. The monoisotopic (exact) mass is 418 g/mol. The third kappa shape index (κ3) is 5.03. The highest BCUT2D eigenvalue weighted by Gasteiger charge is 2.27. The molecular formula is C21H21ClF2N4O. The summed E-state index contributed by atoms with van der Waals surface area (Å²) in [5.74, 6) is 0.627. The van der Waals surface area contributed by atoms with Crippen molar-refractivity contribution in [3.63, 3.8) is 0 Å². The van der Waals surface area contributed by atoms with Gasteiger partial charge in [-0.1, -0.05) is 17.5 Å². The second-order valence-corrected chi connectivity index (χ2v) is 7.39. The van der Waals surface area contributed by atoms with Crippen LogP contribution in [-0.4, -0.2) is 53.4 Å². The molecule has 1 N–H and O–H groups in total. The van der Waals surface area contributed by atoms with Gasteiger partial charge in [0.1, 0.15) is 5.82 Å². The second kappa shape index (κ2) is 9.21. The van der Waals surface area contributed by atoms with Crippen molar-refractivity contribution in [3.05, 3.63) is 52.7 Å². The van der Waals surface area contributed by atoms with Gasteiger partial charge in [-0.05, 0) is 51.2 Å². The van der Waals surface area contributed by atoms with Gasteiger partial charge in [0.15, 0.2) is 11.6 Å². The Bertz CT molecular complexity index is 939. The van der Waals surface area contributed by atoms with E-state index in [2.05, 4.69) is 21.1 Å². The Morgan fingerprint density at radius 1 is 1.34 bits per heavy atom. The van der Waals surface area contributed by atoms with Crippen molar-refractivity contribution in [1.29, 1.82) is 0 Å². The normalized spacial score (nSPS) is 15.0. The lowest BCUT2D eigenvalue weighted by atomic mass is 10.0. The molecule has 1 aromatic heterocycles. The van der Waals surface area contributed by atoms with E-state index in [9.17, 15) is 13.6 Å². The van der Waals surface area contributed by atoms with Crippen LogP contribution in [0.3, 0.4) is 0 Å². The van der Waals surface area contributed by atoms with Crippen molar-refractivity contribution in [1.82, 2.24) is 14.8 Å². The summed E-state index contributed by atoms with van der Waals surface area (Å²) in [6.45, 7) is 2.00. The van der Waals surface area contributed by atoms with E-state index < -0.39 is 11.6 Å². The summed E-state index contributed by atoms with van der Waals surface area (Å²) in [7, 11) is 2.05. The number of benzene rings is 1. The SMILES string of the molecule is C#CCN(C(=O)c1cnc(Nc2ccc(F)c(F)c2)c(Cl)c1)C1CCN(C)CC1. The number of pyridine rings is 1. The quantitative estimate of drug-likeness (QED) is 0.747. The first-order valence-corrected chi connectivity index (χ1v) is 9.57. The lowest BCUT2D eigenvalue weighted by molar-refractivity contribution is 0.0627. The van der Waals surface area contributed by atoms with Crippen LogP contribution in [0.4, 0.5) is 20.3 Å². The molecule has 3 rings (SSSR count). The van der Waals surface area contributed by atoms with Crippen molar-refractivity contribution in [2.24, 2.45) is 0 Å². The predicted molar refractivity (Wildman–Crippen MR) is 109 cm³/mol. The number of hydrogen-bond acceptors (Lipinski definition) is 4. The van der Waals surface area contributed by atoms with Gasteiger partial charge in [0.2, 0.25) is 0 Å². The van der Waals surface area contributed by atoms with Crippen LogP contribution in [0.2, 0.25) is 5.02 Å². The first-order valence-electron chi connectivity index (χ1n) is 9.19. The maximum Gasteiger partial charge on any atom is 0.256 e. The number of nitrogens with one attached hydrogen (secondary N) is 1. The molecule has 1 aliphatic rings. The van der Waals surface area contributed by atoms with Gasteiger partial charge in [-0.2, -0.15) is 0 Å². The third-order valence-electron chi connectivity index (χ3n) is 4.92. The minimum absolute atomic E-state index is 0.0634. The predicted octanol–water partition coefficient (Wildman–Crippen LogP) is 3.93. The summed E-state index contributed by atoms with van der Waals surface area (Å²) in [5.41, 5.74) is 0.609. The van der Waals surface area contributed by atoms with E-state index in [0.29, 0.717) is 5.56 Å². The lowest BCUT2D eigenvalue weighted by Crippen LogP contribution is -2.46. The van der Waals surface area contributed by atoms with Crippen LogP contribution in [0.15, 0.2) is 30.5 Å². The molecule has 0 saturated carbocycles. The van der Waals surface area contributed by atoms with Gasteiger partial charge in [0.25, 0.3) is 5.91 Å². The largest absolute Gasteiger partial charge is 0.339 e. The number of anilines is 2. The molecule has 2 heterocycles. The van der Waals surface area contributed by atoms with Crippen molar-refractivity contribution in [2.45, 2.75) is 18.9 Å². The van der Waals surface area contributed by atoms with Crippen molar-refractivity contribution >= 4 is 29.0 Å². The number of rotatable bonds is 5. The molecule has 0 radical (unpaired) electrons. The number of aromatic nitrogens is 1. The van der Waals surface area contributed by atoms with E-state index in [1.807, 2.05) is 7.05 Å². The molecule has 8 heteroatoms. The van der Waals surface area contributed by atoms with Crippen LogP contribution in [0.25, 0.3) is 0 Å². The highest BCUT2D eigenvalue weighted by atomic mass is 35.5. The second-order valence-electron chi connectivity index (χ2n) is 6.98. The standard InChI is InChI=1S/C21H21ClF2N4O/c1-3-8-28(16-6-9-27(2)10-7-16)21(29)14-11-17(22)20(25-13-14)26-15-4-5-18(23)19(24)12-15/h1,4-5,11-13,16H,6-10H2,2H3,(H,25,26).